The highest BCUT2D eigenvalue weighted by Crippen LogP contribution is 2.31. The molecule has 0 amide bonds. The van der Waals surface area contributed by atoms with Gasteiger partial charge < -0.3 is 5.32 Å². The van der Waals surface area contributed by atoms with Crippen molar-refractivity contribution in [1.82, 2.24) is 10.2 Å². The molecule has 1 unspecified atom stereocenters. The monoisotopic (exact) mass is 292 g/mol. The summed E-state index contributed by atoms with van der Waals surface area (Å²) >= 11 is 1.82. The fraction of sp³-hybridized carbons (Fsp3) is 0.765. The van der Waals surface area contributed by atoms with Crippen molar-refractivity contribution in [3.05, 3.63) is 22.4 Å². The number of nitrogens with zero attached hydrogens (tertiary/aromatic N) is 1. The molecule has 3 rings (SSSR count). The van der Waals surface area contributed by atoms with Crippen LogP contribution in [0.1, 0.15) is 51.0 Å². The molecule has 2 aliphatic rings. The largest absolute Gasteiger partial charge is 0.310 e. The predicted molar refractivity (Wildman–Crippen MR) is 87.5 cm³/mol. The van der Waals surface area contributed by atoms with E-state index in [2.05, 4.69) is 34.0 Å². The first-order valence-corrected chi connectivity index (χ1v) is 9.22. The van der Waals surface area contributed by atoms with E-state index in [4.69, 9.17) is 0 Å². The maximum absolute atomic E-state index is 3.91. The first-order chi connectivity index (χ1) is 9.77. The van der Waals surface area contributed by atoms with Crippen LogP contribution in [0.4, 0.5) is 0 Å². The molecular formula is C17H28N2S. The molecule has 20 heavy (non-hydrogen) atoms. The summed E-state index contributed by atoms with van der Waals surface area (Å²) in [7, 11) is 0. The molecule has 1 aliphatic heterocycles. The van der Waals surface area contributed by atoms with Crippen LogP contribution in [0.15, 0.2) is 16.8 Å². The van der Waals surface area contributed by atoms with Crippen molar-refractivity contribution in [2.75, 3.05) is 19.6 Å². The zero-order chi connectivity index (χ0) is 13.8. The second kappa shape index (κ2) is 6.59. The lowest BCUT2D eigenvalue weighted by molar-refractivity contribution is 0.139. The Hall–Kier alpha value is -0.380. The highest BCUT2D eigenvalue weighted by Gasteiger charge is 2.36. The van der Waals surface area contributed by atoms with Gasteiger partial charge in [-0.05, 0) is 61.5 Å². The molecule has 0 aromatic carbocycles. The second-order valence-electron chi connectivity index (χ2n) is 6.76. The Bertz CT molecular complexity index is 395. The molecule has 1 aromatic rings. The summed E-state index contributed by atoms with van der Waals surface area (Å²) in [5.41, 5.74) is 1.94. The third-order valence-corrected chi connectivity index (χ3v) is 6.00. The first-order valence-electron chi connectivity index (χ1n) is 8.28. The van der Waals surface area contributed by atoms with E-state index in [1.807, 2.05) is 11.3 Å². The fourth-order valence-corrected chi connectivity index (χ4v) is 4.60. The standard InChI is InChI=1S/C17H28N2S/c1-15-5-10-18-17(8-3-2-4-9-17)14-19(15)11-6-16-7-12-20-13-16/h7,12-13,15,18H,2-6,8-11,14H2,1H3. The molecule has 112 valence electrons. The number of rotatable bonds is 3. The second-order valence-corrected chi connectivity index (χ2v) is 7.54. The average molecular weight is 292 g/mol. The lowest BCUT2D eigenvalue weighted by Gasteiger charge is -2.41. The topological polar surface area (TPSA) is 15.3 Å². The Morgan fingerprint density at radius 1 is 1.35 bits per heavy atom. The van der Waals surface area contributed by atoms with Gasteiger partial charge in [0.15, 0.2) is 0 Å². The van der Waals surface area contributed by atoms with Gasteiger partial charge in [0.1, 0.15) is 0 Å². The van der Waals surface area contributed by atoms with Crippen LogP contribution in [-0.2, 0) is 6.42 Å². The molecule has 2 heterocycles. The predicted octanol–water partition coefficient (Wildman–Crippen LogP) is 3.68. The van der Waals surface area contributed by atoms with Crippen molar-refractivity contribution in [1.29, 1.82) is 0 Å². The van der Waals surface area contributed by atoms with Crippen molar-refractivity contribution in [3.63, 3.8) is 0 Å². The van der Waals surface area contributed by atoms with Gasteiger partial charge >= 0.3 is 0 Å². The van der Waals surface area contributed by atoms with E-state index in [-0.39, 0.29) is 0 Å². The van der Waals surface area contributed by atoms with E-state index in [9.17, 15) is 0 Å². The van der Waals surface area contributed by atoms with E-state index in [0.29, 0.717) is 5.54 Å². The molecule has 1 saturated carbocycles. The van der Waals surface area contributed by atoms with Crippen molar-refractivity contribution < 1.29 is 0 Å². The van der Waals surface area contributed by atoms with Crippen molar-refractivity contribution in [2.24, 2.45) is 0 Å². The molecule has 1 saturated heterocycles. The Morgan fingerprint density at radius 2 is 2.20 bits per heavy atom. The third-order valence-electron chi connectivity index (χ3n) is 5.27. The quantitative estimate of drug-likeness (QED) is 0.914. The molecule has 3 heteroatoms. The average Bonchev–Trinajstić information content (AvgIpc) is 2.93. The summed E-state index contributed by atoms with van der Waals surface area (Å²) in [5, 5.41) is 8.41. The number of nitrogens with one attached hydrogen (secondary N) is 1. The summed E-state index contributed by atoms with van der Waals surface area (Å²) < 4.78 is 0. The summed E-state index contributed by atoms with van der Waals surface area (Å²) in [4.78, 5) is 2.75. The molecule has 1 spiro atoms. The van der Waals surface area contributed by atoms with Crippen LogP contribution in [0, 0.1) is 0 Å². The van der Waals surface area contributed by atoms with Crippen molar-refractivity contribution in [3.8, 4) is 0 Å². The minimum atomic E-state index is 0.428. The minimum Gasteiger partial charge on any atom is -0.310 e. The number of hydrogen-bond donors (Lipinski definition) is 1. The highest BCUT2D eigenvalue weighted by atomic mass is 32.1. The molecule has 1 aromatic heterocycles. The molecule has 2 fully saturated rings. The van der Waals surface area contributed by atoms with Gasteiger partial charge in [-0.2, -0.15) is 11.3 Å². The zero-order valence-electron chi connectivity index (χ0n) is 12.7. The van der Waals surface area contributed by atoms with E-state index in [0.717, 1.165) is 6.04 Å². The van der Waals surface area contributed by atoms with Crippen LogP contribution < -0.4 is 5.32 Å². The Kier molecular flexibility index (Phi) is 4.79. The van der Waals surface area contributed by atoms with Gasteiger partial charge in [-0.3, -0.25) is 4.90 Å². The Morgan fingerprint density at radius 3 is 2.95 bits per heavy atom. The van der Waals surface area contributed by atoms with Gasteiger partial charge in [0, 0.05) is 24.7 Å². The molecule has 2 nitrogen and oxygen atoms in total. The molecule has 0 radical (unpaired) electrons. The fourth-order valence-electron chi connectivity index (χ4n) is 3.90. The molecule has 1 N–H and O–H groups in total. The van der Waals surface area contributed by atoms with Crippen LogP contribution in [0.25, 0.3) is 0 Å². The van der Waals surface area contributed by atoms with Crippen molar-refractivity contribution in [2.45, 2.75) is 63.5 Å². The van der Waals surface area contributed by atoms with Gasteiger partial charge in [0.05, 0.1) is 0 Å². The van der Waals surface area contributed by atoms with Crippen molar-refractivity contribution >= 4 is 11.3 Å². The maximum Gasteiger partial charge on any atom is 0.0308 e. The van der Waals surface area contributed by atoms with Gasteiger partial charge in [-0.1, -0.05) is 19.3 Å². The van der Waals surface area contributed by atoms with E-state index >= 15 is 0 Å². The molecule has 0 bridgehead atoms. The minimum absolute atomic E-state index is 0.428. The first kappa shape index (κ1) is 14.6. The normalized spacial score (nSPS) is 27.6. The van der Waals surface area contributed by atoms with E-state index < -0.39 is 0 Å². The van der Waals surface area contributed by atoms with E-state index in [1.165, 1.54) is 70.1 Å². The highest BCUT2D eigenvalue weighted by molar-refractivity contribution is 7.07. The lowest BCUT2D eigenvalue weighted by atomic mass is 9.81. The summed E-state index contributed by atoms with van der Waals surface area (Å²) in [5.74, 6) is 0. The van der Waals surface area contributed by atoms with Crippen LogP contribution in [0.2, 0.25) is 0 Å². The Labute approximate surface area is 127 Å². The van der Waals surface area contributed by atoms with Crippen LogP contribution in [0.5, 0.6) is 0 Å². The maximum atomic E-state index is 3.91. The summed E-state index contributed by atoms with van der Waals surface area (Å²) in [6.07, 6.45) is 9.55. The zero-order valence-corrected chi connectivity index (χ0v) is 13.6. The summed E-state index contributed by atoms with van der Waals surface area (Å²) in [6.45, 7) is 6.10. The smallest absolute Gasteiger partial charge is 0.0308 e. The van der Waals surface area contributed by atoms with Crippen LogP contribution in [0.3, 0.4) is 0 Å². The summed E-state index contributed by atoms with van der Waals surface area (Å²) in [6, 6.07) is 3.00. The van der Waals surface area contributed by atoms with Gasteiger partial charge in [-0.15, -0.1) is 0 Å². The van der Waals surface area contributed by atoms with Gasteiger partial charge in [0.2, 0.25) is 0 Å². The van der Waals surface area contributed by atoms with Gasteiger partial charge in [-0.25, -0.2) is 0 Å². The molecule has 1 aliphatic carbocycles. The van der Waals surface area contributed by atoms with E-state index in [1.54, 1.807) is 0 Å². The van der Waals surface area contributed by atoms with Crippen LogP contribution in [-0.4, -0.2) is 36.1 Å². The molecular weight excluding hydrogens is 264 g/mol. The molecule has 1 atom stereocenters. The lowest BCUT2D eigenvalue weighted by Crippen LogP contribution is -2.53. The Balaban J connectivity index is 1.63. The third kappa shape index (κ3) is 3.44. The van der Waals surface area contributed by atoms with Gasteiger partial charge in [0.25, 0.3) is 0 Å². The number of hydrogen-bond acceptors (Lipinski definition) is 3. The van der Waals surface area contributed by atoms with Crippen LogP contribution >= 0.6 is 11.3 Å². The number of thiophene rings is 1. The SMILES string of the molecule is CC1CCNC2(CCCCC2)CN1CCc1ccsc1.